The van der Waals surface area contributed by atoms with E-state index < -0.39 is 0 Å². The predicted octanol–water partition coefficient (Wildman–Crippen LogP) is 2.52. The van der Waals surface area contributed by atoms with Crippen LogP contribution in [-0.4, -0.2) is 41.6 Å². The summed E-state index contributed by atoms with van der Waals surface area (Å²) in [5.41, 5.74) is 0.720. The predicted molar refractivity (Wildman–Crippen MR) is 85.6 cm³/mol. The largest absolute Gasteiger partial charge is 0.360 e. The van der Waals surface area contributed by atoms with Gasteiger partial charge < -0.3 is 14.7 Å². The monoisotopic (exact) mass is 334 g/mol. The number of nitrogens with one attached hydrogen (secondary N) is 1. The van der Waals surface area contributed by atoms with Gasteiger partial charge in [0.25, 0.3) is 0 Å². The van der Waals surface area contributed by atoms with Crippen LogP contribution in [0.15, 0.2) is 34.9 Å². The quantitative estimate of drug-likeness (QED) is 0.931. The first-order valence-corrected chi connectivity index (χ1v) is 7.46. The van der Waals surface area contributed by atoms with E-state index in [9.17, 15) is 9.59 Å². The van der Waals surface area contributed by atoms with Gasteiger partial charge in [0.05, 0.1) is 0 Å². The summed E-state index contributed by atoms with van der Waals surface area (Å²) in [5.74, 6) is 0.620. The summed E-state index contributed by atoms with van der Waals surface area (Å²) in [5, 5.41) is 6.85. The second-order valence-electron chi connectivity index (χ2n) is 5.21. The third-order valence-corrected chi connectivity index (χ3v) is 3.68. The molecule has 120 valence electrons. The van der Waals surface area contributed by atoms with Crippen molar-refractivity contribution in [3.63, 3.8) is 0 Å². The molecule has 1 saturated heterocycles. The minimum Gasteiger partial charge on any atom is -0.360 e. The normalized spacial score (nSPS) is 14.4. The van der Waals surface area contributed by atoms with Crippen LogP contribution < -0.4 is 10.2 Å². The molecule has 0 saturated carbocycles. The lowest BCUT2D eigenvalue weighted by Crippen LogP contribution is -2.37. The van der Waals surface area contributed by atoms with Crippen LogP contribution in [0, 0.1) is 6.92 Å². The van der Waals surface area contributed by atoms with Crippen LogP contribution in [0.25, 0.3) is 0 Å². The molecule has 0 unspecified atom stereocenters. The van der Waals surface area contributed by atoms with Gasteiger partial charge in [0, 0.05) is 29.9 Å². The number of carbonyl (C=O) groups is 2. The Morgan fingerprint density at radius 2 is 2.22 bits per heavy atom. The number of halogens is 1. The summed E-state index contributed by atoms with van der Waals surface area (Å²) < 4.78 is 4.88. The molecule has 8 heteroatoms. The van der Waals surface area contributed by atoms with Crippen molar-refractivity contribution in [3.8, 4) is 0 Å². The van der Waals surface area contributed by atoms with Crippen LogP contribution >= 0.6 is 11.6 Å². The molecule has 3 amide bonds. The Morgan fingerprint density at radius 3 is 2.91 bits per heavy atom. The van der Waals surface area contributed by atoms with E-state index in [0.717, 1.165) is 5.69 Å². The van der Waals surface area contributed by atoms with E-state index in [1.807, 2.05) is 6.07 Å². The number of aryl methyl sites for hydroxylation is 1. The smallest absolute Gasteiger partial charge is 0.325 e. The van der Waals surface area contributed by atoms with E-state index in [1.165, 1.54) is 4.90 Å². The Bertz CT molecular complexity index is 746. The van der Waals surface area contributed by atoms with E-state index in [4.69, 9.17) is 16.1 Å². The van der Waals surface area contributed by atoms with Gasteiger partial charge in [-0.1, -0.05) is 22.8 Å². The number of aromatic nitrogens is 1. The Hall–Kier alpha value is -2.54. The average molecular weight is 335 g/mol. The summed E-state index contributed by atoms with van der Waals surface area (Å²) in [6.45, 7) is 2.67. The van der Waals surface area contributed by atoms with Crippen molar-refractivity contribution in [2.75, 3.05) is 29.9 Å². The molecule has 1 aliphatic heterocycles. The Morgan fingerprint density at radius 1 is 1.39 bits per heavy atom. The van der Waals surface area contributed by atoms with Crippen molar-refractivity contribution >= 4 is 35.0 Å². The highest BCUT2D eigenvalue weighted by Gasteiger charge is 2.31. The van der Waals surface area contributed by atoms with Crippen molar-refractivity contribution in [1.29, 1.82) is 0 Å². The molecule has 0 spiro atoms. The molecule has 2 aromatic rings. The zero-order valence-electron chi connectivity index (χ0n) is 12.5. The number of anilines is 2. The molecule has 1 fully saturated rings. The Labute approximate surface area is 137 Å². The molecule has 0 aliphatic carbocycles. The first-order valence-electron chi connectivity index (χ1n) is 7.08. The fourth-order valence-electron chi connectivity index (χ4n) is 2.39. The molecule has 0 radical (unpaired) electrons. The summed E-state index contributed by atoms with van der Waals surface area (Å²) in [4.78, 5) is 27.5. The van der Waals surface area contributed by atoms with Crippen LogP contribution in [0.2, 0.25) is 5.02 Å². The van der Waals surface area contributed by atoms with E-state index >= 15 is 0 Å². The van der Waals surface area contributed by atoms with Crippen LogP contribution in [0.5, 0.6) is 0 Å². The topological polar surface area (TPSA) is 78.7 Å². The third kappa shape index (κ3) is 3.45. The SMILES string of the molecule is Cc1cc(NC(=O)CN2CCN(c3cccc(Cl)c3)C2=O)no1. The van der Waals surface area contributed by atoms with Crippen molar-refractivity contribution in [2.45, 2.75) is 6.92 Å². The maximum Gasteiger partial charge on any atom is 0.325 e. The lowest BCUT2D eigenvalue weighted by Gasteiger charge is -2.18. The van der Waals surface area contributed by atoms with Gasteiger partial charge in [-0.15, -0.1) is 0 Å². The molecule has 1 aromatic heterocycles. The van der Waals surface area contributed by atoms with Crippen LogP contribution in [0.4, 0.5) is 16.3 Å². The number of benzene rings is 1. The average Bonchev–Trinajstić information content (AvgIpc) is 3.06. The van der Waals surface area contributed by atoms with Gasteiger partial charge in [-0.3, -0.25) is 9.69 Å². The molecular formula is C15H15ClN4O3. The zero-order chi connectivity index (χ0) is 16.4. The molecule has 1 N–H and O–H groups in total. The van der Waals surface area contributed by atoms with Gasteiger partial charge >= 0.3 is 6.03 Å². The fourth-order valence-corrected chi connectivity index (χ4v) is 2.58. The number of carbonyl (C=O) groups excluding carboxylic acids is 2. The van der Waals surface area contributed by atoms with Gasteiger partial charge in [-0.25, -0.2) is 4.79 Å². The number of hydrogen-bond acceptors (Lipinski definition) is 4. The van der Waals surface area contributed by atoms with Crippen LogP contribution in [0.3, 0.4) is 0 Å². The van der Waals surface area contributed by atoms with Gasteiger partial charge in [0.1, 0.15) is 12.3 Å². The van der Waals surface area contributed by atoms with E-state index in [1.54, 1.807) is 36.1 Å². The molecule has 3 rings (SSSR count). The Balaban J connectivity index is 1.61. The maximum atomic E-state index is 12.4. The lowest BCUT2D eigenvalue weighted by molar-refractivity contribution is -0.116. The minimum absolute atomic E-state index is 0.0399. The number of amides is 3. The summed E-state index contributed by atoms with van der Waals surface area (Å²) >= 11 is 5.95. The van der Waals surface area contributed by atoms with E-state index in [2.05, 4.69) is 10.5 Å². The van der Waals surface area contributed by atoms with Crippen LogP contribution in [-0.2, 0) is 4.79 Å². The highest BCUT2D eigenvalue weighted by atomic mass is 35.5. The Kier molecular flexibility index (Phi) is 4.20. The van der Waals surface area contributed by atoms with Gasteiger partial charge in [0.15, 0.2) is 5.82 Å². The fraction of sp³-hybridized carbons (Fsp3) is 0.267. The van der Waals surface area contributed by atoms with Crippen molar-refractivity contribution in [2.24, 2.45) is 0 Å². The number of hydrogen-bond donors (Lipinski definition) is 1. The summed E-state index contributed by atoms with van der Waals surface area (Å²) in [6, 6.07) is 8.46. The molecule has 1 aromatic carbocycles. The highest BCUT2D eigenvalue weighted by Crippen LogP contribution is 2.23. The standard InChI is InChI=1S/C15H15ClN4O3/c1-10-7-13(18-23-10)17-14(21)9-19-5-6-20(15(19)22)12-4-2-3-11(16)8-12/h2-4,7-8H,5-6,9H2,1H3,(H,17,18,21). The van der Waals surface area contributed by atoms with E-state index in [0.29, 0.717) is 29.7 Å². The maximum absolute atomic E-state index is 12.4. The third-order valence-electron chi connectivity index (χ3n) is 3.44. The molecule has 7 nitrogen and oxygen atoms in total. The van der Waals surface area contributed by atoms with Gasteiger partial charge in [-0.2, -0.15) is 0 Å². The van der Waals surface area contributed by atoms with Gasteiger partial charge in [-0.05, 0) is 25.1 Å². The van der Waals surface area contributed by atoms with E-state index in [-0.39, 0.29) is 18.5 Å². The number of urea groups is 1. The second-order valence-corrected chi connectivity index (χ2v) is 5.64. The number of rotatable bonds is 4. The van der Waals surface area contributed by atoms with Crippen molar-refractivity contribution in [3.05, 3.63) is 41.1 Å². The lowest BCUT2D eigenvalue weighted by atomic mass is 10.3. The molecule has 1 aliphatic rings. The van der Waals surface area contributed by atoms with Crippen molar-refractivity contribution in [1.82, 2.24) is 10.1 Å². The van der Waals surface area contributed by atoms with Crippen LogP contribution in [0.1, 0.15) is 5.76 Å². The minimum atomic E-state index is -0.320. The second kappa shape index (κ2) is 6.29. The molecule has 23 heavy (non-hydrogen) atoms. The summed E-state index contributed by atoms with van der Waals surface area (Å²) in [6.07, 6.45) is 0. The highest BCUT2D eigenvalue weighted by molar-refractivity contribution is 6.30. The van der Waals surface area contributed by atoms with Gasteiger partial charge in [0.2, 0.25) is 5.91 Å². The molecule has 0 bridgehead atoms. The molecule has 0 atom stereocenters. The molecular weight excluding hydrogens is 320 g/mol. The first kappa shape index (κ1) is 15.4. The summed E-state index contributed by atoms with van der Waals surface area (Å²) in [7, 11) is 0. The molecule has 2 heterocycles. The van der Waals surface area contributed by atoms with Crippen molar-refractivity contribution < 1.29 is 14.1 Å². The zero-order valence-corrected chi connectivity index (χ0v) is 13.2. The number of nitrogens with zero attached hydrogens (tertiary/aromatic N) is 3. The first-order chi connectivity index (χ1) is 11.0.